The lowest BCUT2D eigenvalue weighted by atomic mass is 10.0. The monoisotopic (exact) mass is 361 g/mol. The van der Waals surface area contributed by atoms with Crippen LogP contribution in [-0.2, 0) is 4.74 Å². The van der Waals surface area contributed by atoms with Gasteiger partial charge in [0.2, 0.25) is 5.95 Å². The smallest absolute Gasteiger partial charge is 0.227 e. The van der Waals surface area contributed by atoms with E-state index >= 15 is 0 Å². The first kappa shape index (κ1) is 17.9. The van der Waals surface area contributed by atoms with E-state index in [0.717, 1.165) is 50.1 Å². The fraction of sp³-hybridized carbons (Fsp3) is 0.789. The molecule has 4 rings (SSSR count). The van der Waals surface area contributed by atoms with Gasteiger partial charge in [0.1, 0.15) is 5.82 Å². The van der Waals surface area contributed by atoms with Gasteiger partial charge in [-0.3, -0.25) is 0 Å². The maximum atomic E-state index is 9.58. The SMILES string of the molecule is OC1CN(c2nc(NCCCCN3CCCC3)cc(C3CCOC3)n2)C1. The van der Waals surface area contributed by atoms with Crippen molar-refractivity contribution >= 4 is 11.8 Å². The number of nitrogens with one attached hydrogen (secondary N) is 1. The molecule has 1 aromatic rings. The third-order valence-corrected chi connectivity index (χ3v) is 5.63. The van der Waals surface area contributed by atoms with Gasteiger partial charge in [-0.25, -0.2) is 4.98 Å². The molecule has 1 atom stereocenters. The summed E-state index contributed by atoms with van der Waals surface area (Å²) in [6, 6.07) is 2.08. The first-order chi connectivity index (χ1) is 12.8. The van der Waals surface area contributed by atoms with Gasteiger partial charge >= 0.3 is 0 Å². The van der Waals surface area contributed by atoms with Crippen LogP contribution >= 0.6 is 0 Å². The summed E-state index contributed by atoms with van der Waals surface area (Å²) in [6.07, 6.45) is 5.88. The molecule has 0 saturated carbocycles. The summed E-state index contributed by atoms with van der Waals surface area (Å²) in [6.45, 7) is 7.51. The number of likely N-dealkylation sites (tertiary alicyclic amines) is 1. The highest BCUT2D eigenvalue weighted by molar-refractivity contribution is 5.46. The molecule has 1 aromatic heterocycles. The number of anilines is 2. The fourth-order valence-corrected chi connectivity index (χ4v) is 3.96. The van der Waals surface area contributed by atoms with Gasteiger partial charge < -0.3 is 25.0 Å². The maximum Gasteiger partial charge on any atom is 0.227 e. The van der Waals surface area contributed by atoms with E-state index in [9.17, 15) is 5.11 Å². The quantitative estimate of drug-likeness (QED) is 0.679. The lowest BCUT2D eigenvalue weighted by molar-refractivity contribution is 0.140. The number of aliphatic hydroxyl groups is 1. The van der Waals surface area contributed by atoms with Crippen molar-refractivity contribution in [3.05, 3.63) is 11.8 Å². The van der Waals surface area contributed by atoms with Crippen LogP contribution in [-0.4, -0.2) is 78.6 Å². The van der Waals surface area contributed by atoms with Crippen LogP contribution in [0.4, 0.5) is 11.8 Å². The second-order valence-electron chi connectivity index (χ2n) is 7.78. The molecule has 3 saturated heterocycles. The van der Waals surface area contributed by atoms with E-state index in [1.165, 1.54) is 38.9 Å². The molecule has 26 heavy (non-hydrogen) atoms. The Bertz CT molecular complexity index is 581. The Kier molecular flexibility index (Phi) is 5.87. The highest BCUT2D eigenvalue weighted by atomic mass is 16.5. The van der Waals surface area contributed by atoms with Gasteiger partial charge in [0, 0.05) is 38.2 Å². The van der Waals surface area contributed by atoms with Crippen LogP contribution in [0.15, 0.2) is 6.07 Å². The number of hydrogen-bond acceptors (Lipinski definition) is 7. The Morgan fingerprint density at radius 3 is 2.77 bits per heavy atom. The molecule has 144 valence electrons. The third-order valence-electron chi connectivity index (χ3n) is 5.63. The normalized spacial score (nSPS) is 24.2. The van der Waals surface area contributed by atoms with Gasteiger partial charge in [0.05, 0.1) is 18.4 Å². The van der Waals surface area contributed by atoms with Gasteiger partial charge in [0.15, 0.2) is 0 Å². The molecule has 0 amide bonds. The molecule has 0 bridgehead atoms. The van der Waals surface area contributed by atoms with E-state index in [0.29, 0.717) is 19.0 Å². The molecule has 7 heteroatoms. The van der Waals surface area contributed by atoms with Crippen LogP contribution < -0.4 is 10.2 Å². The molecule has 4 heterocycles. The minimum Gasteiger partial charge on any atom is -0.389 e. The number of rotatable bonds is 8. The fourth-order valence-electron chi connectivity index (χ4n) is 3.96. The predicted molar refractivity (Wildman–Crippen MR) is 102 cm³/mol. The Labute approximate surface area is 155 Å². The summed E-state index contributed by atoms with van der Waals surface area (Å²) in [7, 11) is 0. The third kappa shape index (κ3) is 4.45. The topological polar surface area (TPSA) is 73.8 Å². The average Bonchev–Trinajstić information content (AvgIpc) is 3.32. The lowest BCUT2D eigenvalue weighted by Gasteiger charge is -2.36. The summed E-state index contributed by atoms with van der Waals surface area (Å²) in [5.74, 6) is 2.00. The summed E-state index contributed by atoms with van der Waals surface area (Å²) in [4.78, 5) is 14.0. The summed E-state index contributed by atoms with van der Waals surface area (Å²) in [5, 5.41) is 13.1. The lowest BCUT2D eigenvalue weighted by Crippen LogP contribution is -2.51. The van der Waals surface area contributed by atoms with Crippen molar-refractivity contribution in [2.24, 2.45) is 0 Å². The van der Waals surface area contributed by atoms with E-state index in [2.05, 4.69) is 21.3 Å². The minimum atomic E-state index is -0.251. The van der Waals surface area contributed by atoms with E-state index in [1.807, 2.05) is 4.90 Å². The van der Waals surface area contributed by atoms with Gasteiger partial charge in [-0.05, 0) is 51.7 Å². The van der Waals surface area contributed by atoms with Crippen LogP contribution in [0, 0.1) is 0 Å². The Morgan fingerprint density at radius 1 is 1.19 bits per heavy atom. The molecule has 0 radical (unpaired) electrons. The standard InChI is InChI=1S/C19H31N5O2/c25-16-12-24(13-16)19-21-17(15-5-10-26-14-15)11-18(22-19)20-6-1-2-7-23-8-3-4-9-23/h11,15-16,25H,1-10,12-14H2,(H,20,21,22). The Balaban J connectivity index is 1.32. The summed E-state index contributed by atoms with van der Waals surface area (Å²) >= 11 is 0. The van der Waals surface area contributed by atoms with Crippen LogP contribution in [0.3, 0.4) is 0 Å². The summed E-state index contributed by atoms with van der Waals surface area (Å²) in [5.41, 5.74) is 1.06. The van der Waals surface area contributed by atoms with Crippen molar-refractivity contribution in [2.75, 3.05) is 62.7 Å². The van der Waals surface area contributed by atoms with Crippen LogP contribution in [0.1, 0.15) is 43.7 Å². The van der Waals surface area contributed by atoms with E-state index in [4.69, 9.17) is 9.72 Å². The second kappa shape index (κ2) is 8.50. The number of aromatic nitrogens is 2. The first-order valence-electron chi connectivity index (χ1n) is 10.1. The van der Waals surface area contributed by atoms with E-state index < -0.39 is 0 Å². The van der Waals surface area contributed by atoms with Gasteiger partial charge in [-0.15, -0.1) is 0 Å². The second-order valence-corrected chi connectivity index (χ2v) is 7.78. The zero-order valence-electron chi connectivity index (χ0n) is 15.6. The van der Waals surface area contributed by atoms with E-state index in [-0.39, 0.29) is 6.10 Å². The first-order valence-corrected chi connectivity index (χ1v) is 10.1. The van der Waals surface area contributed by atoms with Crippen molar-refractivity contribution in [3.8, 4) is 0 Å². The van der Waals surface area contributed by atoms with Crippen molar-refractivity contribution in [1.82, 2.24) is 14.9 Å². The van der Waals surface area contributed by atoms with Crippen LogP contribution in [0.2, 0.25) is 0 Å². The van der Waals surface area contributed by atoms with E-state index in [1.54, 1.807) is 0 Å². The van der Waals surface area contributed by atoms with Crippen molar-refractivity contribution in [3.63, 3.8) is 0 Å². The zero-order chi connectivity index (χ0) is 17.8. The summed E-state index contributed by atoms with van der Waals surface area (Å²) < 4.78 is 5.53. The molecule has 3 aliphatic rings. The average molecular weight is 361 g/mol. The minimum absolute atomic E-state index is 0.251. The van der Waals surface area contributed by atoms with Crippen LogP contribution in [0.25, 0.3) is 0 Å². The number of aliphatic hydroxyl groups excluding tert-OH is 1. The number of hydrogen-bond donors (Lipinski definition) is 2. The molecule has 3 aliphatic heterocycles. The Hall–Kier alpha value is -1.44. The largest absolute Gasteiger partial charge is 0.389 e. The van der Waals surface area contributed by atoms with Gasteiger partial charge in [0.25, 0.3) is 0 Å². The molecule has 0 aliphatic carbocycles. The van der Waals surface area contributed by atoms with Crippen molar-refractivity contribution < 1.29 is 9.84 Å². The highest BCUT2D eigenvalue weighted by Gasteiger charge is 2.28. The molecule has 0 spiro atoms. The molecular weight excluding hydrogens is 330 g/mol. The number of unbranched alkanes of at least 4 members (excludes halogenated alkanes) is 1. The van der Waals surface area contributed by atoms with Gasteiger partial charge in [-0.2, -0.15) is 4.98 Å². The molecule has 7 nitrogen and oxygen atoms in total. The molecule has 0 aromatic carbocycles. The highest BCUT2D eigenvalue weighted by Crippen LogP contribution is 2.28. The molecule has 2 N–H and O–H groups in total. The number of β-amino-alcohol motifs (C(OH)–C–C–N with tert-alkyl or cyclic N) is 1. The predicted octanol–water partition coefficient (Wildman–Crippen LogP) is 1.45. The molecule has 3 fully saturated rings. The zero-order valence-corrected chi connectivity index (χ0v) is 15.6. The van der Waals surface area contributed by atoms with Crippen molar-refractivity contribution in [1.29, 1.82) is 0 Å². The van der Waals surface area contributed by atoms with Crippen molar-refractivity contribution in [2.45, 2.75) is 44.1 Å². The molecule has 1 unspecified atom stereocenters. The van der Waals surface area contributed by atoms with Gasteiger partial charge in [-0.1, -0.05) is 0 Å². The van der Waals surface area contributed by atoms with Crippen LogP contribution in [0.5, 0.6) is 0 Å². The maximum absolute atomic E-state index is 9.58. The number of nitrogens with zero attached hydrogens (tertiary/aromatic N) is 4. The Morgan fingerprint density at radius 2 is 2.04 bits per heavy atom. The molecular formula is C19H31N5O2. The number of ether oxygens (including phenoxy) is 1.